The third-order valence-electron chi connectivity index (χ3n) is 2.64. The molecular formula is C13H14O4. The van der Waals surface area contributed by atoms with Gasteiger partial charge in [-0.2, -0.15) is 0 Å². The fourth-order valence-corrected chi connectivity index (χ4v) is 1.80. The molecule has 0 saturated heterocycles. The molecule has 2 rings (SSSR count). The zero-order chi connectivity index (χ0) is 12.3. The molecule has 0 unspecified atom stereocenters. The van der Waals surface area contributed by atoms with Crippen molar-refractivity contribution in [3.8, 4) is 5.75 Å². The summed E-state index contributed by atoms with van der Waals surface area (Å²) >= 11 is 0. The summed E-state index contributed by atoms with van der Waals surface area (Å²) in [6.07, 6.45) is 1.93. The van der Waals surface area contributed by atoms with Gasteiger partial charge >= 0.3 is 5.97 Å². The number of carbonyl (C=O) groups excluding carboxylic acids is 2. The summed E-state index contributed by atoms with van der Waals surface area (Å²) in [4.78, 5) is 23.0. The van der Waals surface area contributed by atoms with Crippen LogP contribution in [-0.4, -0.2) is 25.0 Å². The van der Waals surface area contributed by atoms with Crippen LogP contribution in [0.1, 0.15) is 29.3 Å². The lowest BCUT2D eigenvalue weighted by Gasteiger charge is -2.17. The summed E-state index contributed by atoms with van der Waals surface area (Å²) in [5.74, 6) is -0.738. The van der Waals surface area contributed by atoms with Crippen LogP contribution in [0.5, 0.6) is 5.75 Å². The maximum atomic E-state index is 11.7. The monoisotopic (exact) mass is 234 g/mol. The second kappa shape index (κ2) is 4.99. The summed E-state index contributed by atoms with van der Waals surface area (Å²) in [6, 6.07) is 5.10. The van der Waals surface area contributed by atoms with E-state index in [9.17, 15) is 9.59 Å². The van der Waals surface area contributed by atoms with Gasteiger partial charge in [0.15, 0.2) is 0 Å². The van der Waals surface area contributed by atoms with Crippen LogP contribution in [0, 0.1) is 0 Å². The van der Waals surface area contributed by atoms with Gasteiger partial charge in [-0.3, -0.25) is 4.79 Å². The molecule has 1 heterocycles. The van der Waals surface area contributed by atoms with Crippen molar-refractivity contribution in [3.63, 3.8) is 0 Å². The molecule has 4 heteroatoms. The van der Waals surface area contributed by atoms with E-state index in [2.05, 4.69) is 4.74 Å². The van der Waals surface area contributed by atoms with Gasteiger partial charge in [-0.25, -0.2) is 4.79 Å². The Balaban J connectivity index is 2.22. The van der Waals surface area contributed by atoms with Gasteiger partial charge in [0.1, 0.15) is 5.75 Å². The van der Waals surface area contributed by atoms with Crippen molar-refractivity contribution in [1.82, 2.24) is 0 Å². The van der Waals surface area contributed by atoms with E-state index in [1.807, 2.05) is 6.07 Å². The van der Waals surface area contributed by atoms with Gasteiger partial charge in [-0.05, 0) is 31.4 Å². The highest BCUT2D eigenvalue weighted by Gasteiger charge is 2.20. The van der Waals surface area contributed by atoms with E-state index in [0.717, 1.165) is 18.4 Å². The smallest absolute Gasteiger partial charge is 0.379 e. The molecular weight excluding hydrogens is 220 g/mol. The zero-order valence-corrected chi connectivity index (χ0v) is 9.69. The normalized spacial score (nSPS) is 13.5. The molecule has 0 saturated carbocycles. The van der Waals surface area contributed by atoms with Crippen LogP contribution in [0.15, 0.2) is 18.2 Å². The third kappa shape index (κ3) is 2.46. The molecule has 0 bridgehead atoms. The van der Waals surface area contributed by atoms with Gasteiger partial charge in [-0.15, -0.1) is 0 Å². The summed E-state index contributed by atoms with van der Waals surface area (Å²) < 4.78 is 10.1. The first kappa shape index (κ1) is 11.6. The topological polar surface area (TPSA) is 52.6 Å². The van der Waals surface area contributed by atoms with Crippen LogP contribution in [-0.2, 0) is 16.0 Å². The number of Topliss-reactive ketones (excluding diaryl/α,β-unsaturated/α-hetero) is 1. The van der Waals surface area contributed by atoms with Crippen LogP contribution in [0.25, 0.3) is 0 Å². The second-order valence-electron chi connectivity index (χ2n) is 3.82. The molecule has 90 valence electrons. The molecule has 0 aromatic heterocycles. The van der Waals surface area contributed by atoms with Crippen molar-refractivity contribution in [2.45, 2.75) is 19.8 Å². The number of hydrogen-bond donors (Lipinski definition) is 0. The highest BCUT2D eigenvalue weighted by atomic mass is 16.5. The minimum Gasteiger partial charge on any atom is -0.493 e. The number of hydrogen-bond acceptors (Lipinski definition) is 4. The molecule has 1 aliphatic heterocycles. The highest BCUT2D eigenvalue weighted by molar-refractivity contribution is 6.40. The van der Waals surface area contributed by atoms with E-state index in [-0.39, 0.29) is 6.61 Å². The molecule has 0 aliphatic carbocycles. The Bertz CT molecular complexity index is 451. The first-order valence-electron chi connectivity index (χ1n) is 5.69. The molecule has 0 spiro atoms. The van der Waals surface area contributed by atoms with Crippen molar-refractivity contribution >= 4 is 11.8 Å². The maximum Gasteiger partial charge on any atom is 0.379 e. The van der Waals surface area contributed by atoms with Crippen molar-refractivity contribution in [3.05, 3.63) is 29.3 Å². The summed E-state index contributed by atoms with van der Waals surface area (Å²) in [6.45, 7) is 2.53. The van der Waals surface area contributed by atoms with E-state index in [0.29, 0.717) is 17.9 Å². The van der Waals surface area contributed by atoms with Gasteiger partial charge in [0.2, 0.25) is 0 Å². The predicted molar refractivity (Wildman–Crippen MR) is 61.2 cm³/mol. The average Bonchev–Trinajstić information content (AvgIpc) is 2.37. The molecule has 4 nitrogen and oxygen atoms in total. The van der Waals surface area contributed by atoms with Crippen LogP contribution < -0.4 is 4.74 Å². The predicted octanol–water partition coefficient (Wildman–Crippen LogP) is 1.76. The molecule has 1 aromatic rings. The van der Waals surface area contributed by atoms with Crippen molar-refractivity contribution < 1.29 is 19.1 Å². The second-order valence-corrected chi connectivity index (χ2v) is 3.82. The first-order chi connectivity index (χ1) is 8.22. The molecule has 1 aliphatic rings. The Labute approximate surface area is 99.5 Å². The van der Waals surface area contributed by atoms with Gasteiger partial charge in [0, 0.05) is 5.56 Å². The lowest BCUT2D eigenvalue weighted by atomic mass is 10.0. The minimum absolute atomic E-state index is 0.200. The Morgan fingerprint density at radius 1 is 1.41 bits per heavy atom. The van der Waals surface area contributed by atoms with E-state index < -0.39 is 11.8 Å². The number of benzene rings is 1. The van der Waals surface area contributed by atoms with Gasteiger partial charge in [0.05, 0.1) is 13.2 Å². The third-order valence-corrected chi connectivity index (χ3v) is 2.64. The largest absolute Gasteiger partial charge is 0.493 e. The molecule has 0 fully saturated rings. The standard InChI is InChI=1S/C13H14O4/c1-2-16-13(15)12(14)10-6-5-9-4-3-7-17-11(9)8-10/h5-6,8H,2-4,7H2,1H3. The number of rotatable bonds is 3. The summed E-state index contributed by atoms with van der Waals surface area (Å²) in [7, 11) is 0. The Morgan fingerprint density at radius 2 is 2.24 bits per heavy atom. The quantitative estimate of drug-likeness (QED) is 0.454. The molecule has 0 radical (unpaired) electrons. The molecule has 0 amide bonds. The van der Waals surface area contributed by atoms with E-state index >= 15 is 0 Å². The van der Waals surface area contributed by atoms with Crippen molar-refractivity contribution in [2.24, 2.45) is 0 Å². The lowest BCUT2D eigenvalue weighted by molar-refractivity contribution is -0.137. The Morgan fingerprint density at radius 3 is 3.00 bits per heavy atom. The number of aryl methyl sites for hydroxylation is 1. The Kier molecular flexibility index (Phi) is 3.42. The van der Waals surface area contributed by atoms with Gasteiger partial charge in [0.25, 0.3) is 5.78 Å². The fraction of sp³-hybridized carbons (Fsp3) is 0.385. The SMILES string of the molecule is CCOC(=O)C(=O)c1ccc2c(c1)OCCC2. The van der Waals surface area contributed by atoms with E-state index in [4.69, 9.17) is 4.74 Å². The number of ketones is 1. The number of esters is 1. The lowest BCUT2D eigenvalue weighted by Crippen LogP contribution is -2.18. The zero-order valence-electron chi connectivity index (χ0n) is 9.69. The molecule has 0 atom stereocenters. The van der Waals surface area contributed by atoms with Crippen molar-refractivity contribution in [1.29, 1.82) is 0 Å². The van der Waals surface area contributed by atoms with Crippen LogP contribution >= 0.6 is 0 Å². The van der Waals surface area contributed by atoms with Gasteiger partial charge in [-0.1, -0.05) is 12.1 Å². The van der Waals surface area contributed by atoms with E-state index in [1.165, 1.54) is 0 Å². The van der Waals surface area contributed by atoms with Crippen LogP contribution in [0.4, 0.5) is 0 Å². The highest BCUT2D eigenvalue weighted by Crippen LogP contribution is 2.26. The summed E-state index contributed by atoms with van der Waals surface area (Å²) in [5.41, 5.74) is 1.40. The number of fused-ring (bicyclic) bond motifs is 1. The summed E-state index contributed by atoms with van der Waals surface area (Å²) in [5, 5.41) is 0. The van der Waals surface area contributed by atoms with E-state index in [1.54, 1.807) is 19.1 Å². The fourth-order valence-electron chi connectivity index (χ4n) is 1.80. The average molecular weight is 234 g/mol. The Hall–Kier alpha value is -1.84. The van der Waals surface area contributed by atoms with Crippen LogP contribution in [0.3, 0.4) is 0 Å². The molecule has 1 aromatic carbocycles. The number of carbonyl (C=O) groups is 2. The number of ether oxygens (including phenoxy) is 2. The maximum absolute atomic E-state index is 11.7. The first-order valence-corrected chi connectivity index (χ1v) is 5.69. The molecule has 0 N–H and O–H groups in total. The van der Waals surface area contributed by atoms with Crippen molar-refractivity contribution in [2.75, 3.05) is 13.2 Å². The van der Waals surface area contributed by atoms with Gasteiger partial charge < -0.3 is 9.47 Å². The molecule has 17 heavy (non-hydrogen) atoms. The minimum atomic E-state index is -0.816. The van der Waals surface area contributed by atoms with Crippen LogP contribution in [0.2, 0.25) is 0 Å².